The van der Waals surface area contributed by atoms with Crippen molar-refractivity contribution < 1.29 is 4.42 Å². The molecule has 0 saturated carbocycles. The average molecular weight is 289 g/mol. The molecule has 0 amide bonds. The van der Waals surface area contributed by atoms with Crippen LogP contribution in [-0.2, 0) is 6.54 Å². The van der Waals surface area contributed by atoms with E-state index in [0.717, 1.165) is 35.9 Å². The van der Waals surface area contributed by atoms with Gasteiger partial charge in [-0.05, 0) is 43.4 Å². The molecule has 0 bridgehead atoms. The van der Waals surface area contributed by atoms with E-state index < -0.39 is 0 Å². The largest absolute Gasteiger partial charge is 0.460 e. The standard InChI is InChI=1S/C17H27N3O/c1-11(2)15(12(3)4)10-18-8-14-9-19-20-17(14)16-7-6-13(5)21-16/h6-7,9,11-12,15,18H,8,10H2,1-5H3,(H,19,20). The first-order valence-corrected chi connectivity index (χ1v) is 7.78. The van der Waals surface area contributed by atoms with Crippen molar-refractivity contribution in [2.75, 3.05) is 6.54 Å². The maximum Gasteiger partial charge on any atom is 0.152 e. The third kappa shape index (κ3) is 3.97. The highest BCUT2D eigenvalue weighted by molar-refractivity contribution is 5.56. The summed E-state index contributed by atoms with van der Waals surface area (Å²) >= 11 is 0. The van der Waals surface area contributed by atoms with Crippen LogP contribution in [0.25, 0.3) is 11.5 Å². The lowest BCUT2D eigenvalue weighted by molar-refractivity contribution is 0.275. The smallest absolute Gasteiger partial charge is 0.152 e. The molecule has 0 aromatic carbocycles. The van der Waals surface area contributed by atoms with Gasteiger partial charge in [-0.15, -0.1) is 0 Å². The van der Waals surface area contributed by atoms with Crippen molar-refractivity contribution in [2.45, 2.75) is 41.2 Å². The fourth-order valence-electron chi connectivity index (χ4n) is 2.84. The van der Waals surface area contributed by atoms with E-state index >= 15 is 0 Å². The number of hydrogen-bond acceptors (Lipinski definition) is 3. The summed E-state index contributed by atoms with van der Waals surface area (Å²) in [5, 5.41) is 10.8. The molecule has 116 valence electrons. The van der Waals surface area contributed by atoms with E-state index in [1.165, 1.54) is 0 Å². The Morgan fingerprint density at radius 1 is 1.19 bits per heavy atom. The normalized spacial score (nSPS) is 12.0. The Morgan fingerprint density at radius 3 is 2.48 bits per heavy atom. The van der Waals surface area contributed by atoms with Crippen molar-refractivity contribution in [1.82, 2.24) is 15.5 Å². The highest BCUT2D eigenvalue weighted by Gasteiger charge is 2.17. The summed E-state index contributed by atoms with van der Waals surface area (Å²) in [6, 6.07) is 3.96. The highest BCUT2D eigenvalue weighted by atomic mass is 16.3. The van der Waals surface area contributed by atoms with Gasteiger partial charge >= 0.3 is 0 Å². The van der Waals surface area contributed by atoms with Crippen molar-refractivity contribution in [2.24, 2.45) is 17.8 Å². The van der Waals surface area contributed by atoms with Crippen molar-refractivity contribution >= 4 is 0 Å². The summed E-state index contributed by atoms with van der Waals surface area (Å²) < 4.78 is 5.67. The van der Waals surface area contributed by atoms with Gasteiger partial charge in [-0.1, -0.05) is 27.7 Å². The number of nitrogens with one attached hydrogen (secondary N) is 2. The van der Waals surface area contributed by atoms with Gasteiger partial charge in [-0.2, -0.15) is 5.10 Å². The second-order valence-corrected chi connectivity index (χ2v) is 6.46. The van der Waals surface area contributed by atoms with Gasteiger partial charge in [0.2, 0.25) is 0 Å². The quantitative estimate of drug-likeness (QED) is 0.810. The van der Waals surface area contributed by atoms with Gasteiger partial charge in [0.05, 0.1) is 6.20 Å². The fourth-order valence-corrected chi connectivity index (χ4v) is 2.84. The van der Waals surface area contributed by atoms with Gasteiger partial charge in [-0.3, -0.25) is 5.10 Å². The molecule has 4 heteroatoms. The van der Waals surface area contributed by atoms with Gasteiger partial charge in [0.25, 0.3) is 0 Å². The SMILES string of the molecule is Cc1ccc(-c2[nH]ncc2CNCC(C(C)C)C(C)C)o1. The van der Waals surface area contributed by atoms with Crippen LogP contribution in [-0.4, -0.2) is 16.7 Å². The van der Waals surface area contributed by atoms with Crippen LogP contribution < -0.4 is 5.32 Å². The number of aryl methyl sites for hydroxylation is 1. The lowest BCUT2D eigenvalue weighted by Gasteiger charge is -2.25. The molecule has 0 fully saturated rings. The minimum absolute atomic E-state index is 0.686. The van der Waals surface area contributed by atoms with E-state index in [2.05, 4.69) is 43.2 Å². The Kier molecular flexibility index (Phi) is 5.23. The molecule has 0 aliphatic heterocycles. The molecule has 2 aromatic rings. The number of aromatic amines is 1. The van der Waals surface area contributed by atoms with Crippen molar-refractivity contribution in [3.8, 4) is 11.5 Å². The summed E-state index contributed by atoms with van der Waals surface area (Å²) in [6.45, 7) is 13.0. The van der Waals surface area contributed by atoms with Crippen LogP contribution in [0.3, 0.4) is 0 Å². The molecular weight excluding hydrogens is 262 g/mol. The van der Waals surface area contributed by atoms with E-state index in [1.54, 1.807) is 0 Å². The van der Waals surface area contributed by atoms with Crippen LogP contribution in [0.2, 0.25) is 0 Å². The topological polar surface area (TPSA) is 53.9 Å². The zero-order valence-corrected chi connectivity index (χ0v) is 13.7. The Hall–Kier alpha value is -1.55. The molecule has 0 unspecified atom stereocenters. The third-order valence-electron chi connectivity index (χ3n) is 4.11. The number of H-pyrrole nitrogens is 1. The first-order chi connectivity index (χ1) is 9.99. The van der Waals surface area contributed by atoms with Gasteiger partial charge < -0.3 is 9.73 Å². The Labute approximate surface area is 127 Å². The number of aromatic nitrogens is 2. The molecule has 4 nitrogen and oxygen atoms in total. The zero-order valence-electron chi connectivity index (χ0n) is 13.7. The van der Waals surface area contributed by atoms with E-state index in [-0.39, 0.29) is 0 Å². The Morgan fingerprint density at radius 2 is 1.90 bits per heavy atom. The average Bonchev–Trinajstić information content (AvgIpc) is 3.02. The molecule has 21 heavy (non-hydrogen) atoms. The lowest BCUT2D eigenvalue weighted by Crippen LogP contribution is -2.29. The minimum Gasteiger partial charge on any atom is -0.460 e. The summed E-state index contributed by atoms with van der Waals surface area (Å²) in [7, 11) is 0. The van der Waals surface area contributed by atoms with Crippen molar-refractivity contribution in [3.63, 3.8) is 0 Å². The molecule has 2 N–H and O–H groups in total. The molecule has 0 saturated heterocycles. The van der Waals surface area contributed by atoms with Crippen LogP contribution in [0.1, 0.15) is 39.0 Å². The fraction of sp³-hybridized carbons (Fsp3) is 0.588. The Bertz CT molecular complexity index is 546. The molecule has 0 spiro atoms. The maximum absolute atomic E-state index is 5.67. The van der Waals surface area contributed by atoms with Crippen LogP contribution >= 0.6 is 0 Å². The predicted molar refractivity (Wildman–Crippen MR) is 85.9 cm³/mol. The number of nitrogens with zero attached hydrogens (tertiary/aromatic N) is 1. The molecule has 0 aliphatic carbocycles. The molecule has 0 atom stereocenters. The number of furan rings is 1. The molecule has 2 rings (SSSR count). The summed E-state index contributed by atoms with van der Waals surface area (Å²) in [4.78, 5) is 0. The number of hydrogen-bond donors (Lipinski definition) is 2. The van der Waals surface area contributed by atoms with Gasteiger partial charge in [-0.25, -0.2) is 0 Å². The van der Waals surface area contributed by atoms with Crippen LogP contribution in [0.5, 0.6) is 0 Å². The molecule has 2 aromatic heterocycles. The van der Waals surface area contributed by atoms with Crippen molar-refractivity contribution in [1.29, 1.82) is 0 Å². The number of rotatable bonds is 7. The van der Waals surface area contributed by atoms with Crippen LogP contribution in [0, 0.1) is 24.7 Å². The summed E-state index contributed by atoms with van der Waals surface area (Å²) in [6.07, 6.45) is 1.87. The second kappa shape index (κ2) is 6.94. The second-order valence-electron chi connectivity index (χ2n) is 6.46. The van der Waals surface area contributed by atoms with Crippen molar-refractivity contribution in [3.05, 3.63) is 29.7 Å². The van der Waals surface area contributed by atoms with E-state index in [4.69, 9.17) is 4.42 Å². The van der Waals surface area contributed by atoms with Gasteiger partial charge in [0.15, 0.2) is 5.76 Å². The minimum atomic E-state index is 0.686. The van der Waals surface area contributed by atoms with Gasteiger partial charge in [0, 0.05) is 12.1 Å². The Balaban J connectivity index is 1.97. The summed E-state index contributed by atoms with van der Waals surface area (Å²) in [5.41, 5.74) is 2.12. The van der Waals surface area contributed by atoms with Crippen LogP contribution in [0.4, 0.5) is 0 Å². The van der Waals surface area contributed by atoms with E-state index in [1.807, 2.05) is 25.3 Å². The molecule has 0 radical (unpaired) electrons. The molecule has 2 heterocycles. The van der Waals surface area contributed by atoms with E-state index in [0.29, 0.717) is 17.8 Å². The predicted octanol–water partition coefficient (Wildman–Crippen LogP) is 4.00. The summed E-state index contributed by atoms with van der Waals surface area (Å²) in [5.74, 6) is 3.83. The van der Waals surface area contributed by atoms with E-state index in [9.17, 15) is 0 Å². The monoisotopic (exact) mass is 289 g/mol. The van der Waals surface area contributed by atoms with Crippen LogP contribution in [0.15, 0.2) is 22.7 Å². The van der Waals surface area contributed by atoms with Gasteiger partial charge in [0.1, 0.15) is 11.5 Å². The lowest BCUT2D eigenvalue weighted by atomic mass is 9.85. The first-order valence-electron chi connectivity index (χ1n) is 7.78. The molecule has 0 aliphatic rings. The molecular formula is C17H27N3O. The maximum atomic E-state index is 5.67. The zero-order chi connectivity index (χ0) is 15.4. The third-order valence-corrected chi connectivity index (χ3v) is 4.11. The first kappa shape index (κ1) is 15.8. The highest BCUT2D eigenvalue weighted by Crippen LogP contribution is 2.24.